The highest BCUT2D eigenvalue weighted by Gasteiger charge is 2.37. The van der Waals surface area contributed by atoms with Crippen LogP contribution in [0.1, 0.15) is 44.8 Å². The maximum Gasteiger partial charge on any atom is 0.117 e. The zero-order chi connectivity index (χ0) is 13.1. The van der Waals surface area contributed by atoms with Gasteiger partial charge in [-0.15, -0.1) is 0 Å². The number of nitrogens with zero attached hydrogens (tertiary/aromatic N) is 1. The van der Waals surface area contributed by atoms with E-state index in [1.807, 2.05) is 6.07 Å². The number of nitrogens with one attached hydrogen (secondary N) is 1. The molecule has 1 aliphatic carbocycles. The SMILES string of the molecule is CCC1(CN(Cc2ccco2)C2CC2)CCNCC1. The van der Waals surface area contributed by atoms with Gasteiger partial charge in [0.05, 0.1) is 12.8 Å². The molecule has 2 fully saturated rings. The first-order chi connectivity index (χ1) is 9.31. The molecule has 2 heterocycles. The van der Waals surface area contributed by atoms with E-state index >= 15 is 0 Å². The van der Waals surface area contributed by atoms with Crippen LogP contribution in [0, 0.1) is 5.41 Å². The number of hydrogen-bond acceptors (Lipinski definition) is 3. The Morgan fingerprint density at radius 1 is 1.37 bits per heavy atom. The molecule has 1 aromatic rings. The predicted molar refractivity (Wildman–Crippen MR) is 77.0 cm³/mol. The van der Waals surface area contributed by atoms with E-state index in [1.165, 1.54) is 51.7 Å². The van der Waals surface area contributed by atoms with Crippen molar-refractivity contribution < 1.29 is 4.42 Å². The van der Waals surface area contributed by atoms with Gasteiger partial charge in [-0.2, -0.15) is 0 Å². The van der Waals surface area contributed by atoms with Gasteiger partial charge >= 0.3 is 0 Å². The van der Waals surface area contributed by atoms with E-state index in [1.54, 1.807) is 6.26 Å². The third-order valence-corrected chi connectivity index (χ3v) is 4.96. The summed E-state index contributed by atoms with van der Waals surface area (Å²) in [7, 11) is 0. The summed E-state index contributed by atoms with van der Waals surface area (Å²) in [5.41, 5.74) is 0.528. The monoisotopic (exact) mass is 262 g/mol. The number of piperidine rings is 1. The summed E-state index contributed by atoms with van der Waals surface area (Å²) in [6.45, 7) is 6.98. The quantitative estimate of drug-likeness (QED) is 0.854. The van der Waals surface area contributed by atoms with Gasteiger partial charge in [-0.05, 0) is 62.7 Å². The molecule has 19 heavy (non-hydrogen) atoms. The van der Waals surface area contributed by atoms with Crippen LogP contribution in [0.3, 0.4) is 0 Å². The molecule has 0 unspecified atom stereocenters. The van der Waals surface area contributed by atoms with Crippen molar-refractivity contribution in [3.63, 3.8) is 0 Å². The minimum Gasteiger partial charge on any atom is -0.468 e. The van der Waals surface area contributed by atoms with Crippen LogP contribution in [0.2, 0.25) is 0 Å². The van der Waals surface area contributed by atoms with Crippen molar-refractivity contribution in [1.29, 1.82) is 0 Å². The van der Waals surface area contributed by atoms with E-state index in [0.29, 0.717) is 5.41 Å². The van der Waals surface area contributed by atoms with Crippen LogP contribution in [0.15, 0.2) is 22.8 Å². The van der Waals surface area contributed by atoms with Gasteiger partial charge in [0, 0.05) is 12.6 Å². The van der Waals surface area contributed by atoms with E-state index in [2.05, 4.69) is 23.2 Å². The Hall–Kier alpha value is -0.800. The summed E-state index contributed by atoms with van der Waals surface area (Å²) >= 11 is 0. The molecule has 0 aromatic carbocycles. The van der Waals surface area contributed by atoms with Gasteiger partial charge in [-0.25, -0.2) is 0 Å². The van der Waals surface area contributed by atoms with Gasteiger partial charge in [0.15, 0.2) is 0 Å². The highest BCUT2D eigenvalue weighted by atomic mass is 16.3. The van der Waals surface area contributed by atoms with Crippen molar-refractivity contribution in [3.8, 4) is 0 Å². The molecule has 2 aliphatic rings. The molecule has 3 nitrogen and oxygen atoms in total. The van der Waals surface area contributed by atoms with Crippen molar-refractivity contribution in [3.05, 3.63) is 24.2 Å². The Bertz CT molecular complexity index is 377. The summed E-state index contributed by atoms with van der Waals surface area (Å²) < 4.78 is 5.54. The molecule has 0 atom stereocenters. The van der Waals surface area contributed by atoms with Crippen LogP contribution in [0.5, 0.6) is 0 Å². The summed E-state index contributed by atoms with van der Waals surface area (Å²) in [5, 5.41) is 3.50. The van der Waals surface area contributed by atoms with Crippen LogP contribution >= 0.6 is 0 Å². The lowest BCUT2D eigenvalue weighted by molar-refractivity contribution is 0.0916. The lowest BCUT2D eigenvalue weighted by atomic mass is 9.76. The Kier molecular flexibility index (Phi) is 3.94. The number of rotatable bonds is 6. The molecule has 0 spiro atoms. The molecular formula is C16H26N2O. The second kappa shape index (κ2) is 5.68. The smallest absolute Gasteiger partial charge is 0.117 e. The van der Waals surface area contributed by atoms with Crippen LogP contribution in [0.25, 0.3) is 0 Å². The molecule has 0 amide bonds. The van der Waals surface area contributed by atoms with Crippen molar-refractivity contribution in [2.45, 2.75) is 51.6 Å². The van der Waals surface area contributed by atoms with E-state index in [4.69, 9.17) is 4.42 Å². The summed E-state index contributed by atoms with van der Waals surface area (Å²) in [4.78, 5) is 2.67. The Labute approximate surface area is 116 Å². The maximum atomic E-state index is 5.54. The van der Waals surface area contributed by atoms with Crippen LogP contribution in [-0.2, 0) is 6.54 Å². The predicted octanol–water partition coefficient (Wildman–Crippen LogP) is 3.02. The van der Waals surface area contributed by atoms with Crippen LogP contribution in [0.4, 0.5) is 0 Å². The molecule has 106 valence electrons. The first-order valence-electron chi connectivity index (χ1n) is 7.78. The number of furan rings is 1. The number of hydrogen-bond donors (Lipinski definition) is 1. The normalized spacial score (nSPS) is 22.8. The molecule has 3 heteroatoms. The highest BCUT2D eigenvalue weighted by molar-refractivity contribution is 5.01. The van der Waals surface area contributed by atoms with Gasteiger partial charge in [0.1, 0.15) is 5.76 Å². The van der Waals surface area contributed by atoms with Crippen molar-refractivity contribution in [2.75, 3.05) is 19.6 Å². The van der Waals surface area contributed by atoms with E-state index in [0.717, 1.165) is 18.3 Å². The molecule has 1 aromatic heterocycles. The van der Waals surface area contributed by atoms with Crippen LogP contribution in [-0.4, -0.2) is 30.6 Å². The van der Waals surface area contributed by atoms with Gasteiger partial charge in [0.2, 0.25) is 0 Å². The fourth-order valence-electron chi connectivity index (χ4n) is 3.37. The van der Waals surface area contributed by atoms with Gasteiger partial charge in [-0.1, -0.05) is 6.92 Å². The van der Waals surface area contributed by atoms with Crippen molar-refractivity contribution in [2.24, 2.45) is 5.41 Å². The summed E-state index contributed by atoms with van der Waals surface area (Å²) in [5.74, 6) is 1.12. The average Bonchev–Trinajstić information content (AvgIpc) is 3.18. The van der Waals surface area contributed by atoms with Crippen molar-refractivity contribution >= 4 is 0 Å². The van der Waals surface area contributed by atoms with E-state index in [9.17, 15) is 0 Å². The topological polar surface area (TPSA) is 28.4 Å². The third-order valence-electron chi connectivity index (χ3n) is 4.96. The fraction of sp³-hybridized carbons (Fsp3) is 0.750. The molecule has 1 saturated carbocycles. The van der Waals surface area contributed by atoms with Gasteiger partial charge < -0.3 is 9.73 Å². The summed E-state index contributed by atoms with van der Waals surface area (Å²) in [6, 6.07) is 4.92. The zero-order valence-electron chi connectivity index (χ0n) is 12.0. The molecule has 0 radical (unpaired) electrons. The molecule has 1 N–H and O–H groups in total. The fourth-order valence-corrected chi connectivity index (χ4v) is 3.37. The second-order valence-corrected chi connectivity index (χ2v) is 6.32. The van der Waals surface area contributed by atoms with E-state index in [-0.39, 0.29) is 0 Å². The van der Waals surface area contributed by atoms with Gasteiger partial charge in [0.25, 0.3) is 0 Å². The van der Waals surface area contributed by atoms with Crippen LogP contribution < -0.4 is 5.32 Å². The van der Waals surface area contributed by atoms with Gasteiger partial charge in [-0.3, -0.25) is 4.90 Å². The summed E-state index contributed by atoms with van der Waals surface area (Å²) in [6.07, 6.45) is 8.49. The largest absolute Gasteiger partial charge is 0.468 e. The Morgan fingerprint density at radius 2 is 2.16 bits per heavy atom. The first kappa shape index (κ1) is 13.2. The zero-order valence-corrected chi connectivity index (χ0v) is 12.0. The lowest BCUT2D eigenvalue weighted by Gasteiger charge is -2.41. The molecule has 3 rings (SSSR count). The average molecular weight is 262 g/mol. The van der Waals surface area contributed by atoms with E-state index < -0.39 is 0 Å². The van der Waals surface area contributed by atoms with Crippen molar-refractivity contribution in [1.82, 2.24) is 10.2 Å². The minimum atomic E-state index is 0.528. The molecular weight excluding hydrogens is 236 g/mol. The molecule has 0 bridgehead atoms. The molecule has 1 saturated heterocycles. The third kappa shape index (κ3) is 3.21. The molecule has 1 aliphatic heterocycles. The Balaban J connectivity index is 1.66. The first-order valence-corrected chi connectivity index (χ1v) is 7.78. The second-order valence-electron chi connectivity index (χ2n) is 6.32. The Morgan fingerprint density at radius 3 is 2.74 bits per heavy atom. The highest BCUT2D eigenvalue weighted by Crippen LogP contribution is 2.38. The minimum absolute atomic E-state index is 0.528. The standard InChI is InChI=1S/C16H26N2O/c1-2-16(7-9-17-10-8-16)13-18(14-5-6-14)12-15-4-3-11-19-15/h3-4,11,14,17H,2,5-10,12-13H2,1H3. The maximum absolute atomic E-state index is 5.54. The lowest BCUT2D eigenvalue weighted by Crippen LogP contribution is -2.45.